The molecule has 7 heteroatoms. The summed E-state index contributed by atoms with van der Waals surface area (Å²) < 4.78 is 5.25. The van der Waals surface area contributed by atoms with Gasteiger partial charge in [0.2, 0.25) is 0 Å². The van der Waals surface area contributed by atoms with Crippen molar-refractivity contribution in [1.82, 2.24) is 20.4 Å². The number of carbonyl (C=O) groups excluding carboxylic acids is 1. The van der Waals surface area contributed by atoms with Gasteiger partial charge in [-0.2, -0.15) is 4.98 Å². The topological polar surface area (TPSA) is 91.5 Å². The number of nitrogens with one attached hydrogen (secondary N) is 1. The van der Waals surface area contributed by atoms with Crippen LogP contribution in [0.5, 0.6) is 0 Å². The van der Waals surface area contributed by atoms with Crippen LogP contribution in [0.25, 0.3) is 11.5 Å². The van der Waals surface area contributed by atoms with Crippen LogP contribution in [0.15, 0.2) is 34.9 Å². The molecule has 1 aliphatic rings. The summed E-state index contributed by atoms with van der Waals surface area (Å²) in [6.45, 7) is 2.12. The first-order valence-corrected chi connectivity index (χ1v) is 8.13. The van der Waals surface area contributed by atoms with E-state index in [0.29, 0.717) is 24.2 Å². The van der Waals surface area contributed by atoms with E-state index in [4.69, 9.17) is 4.52 Å². The van der Waals surface area contributed by atoms with E-state index in [2.05, 4.69) is 15.5 Å². The fraction of sp³-hybridized carbons (Fsp3) is 0.471. The molecule has 0 saturated heterocycles. The third kappa shape index (κ3) is 3.91. The highest BCUT2D eigenvalue weighted by Gasteiger charge is 2.31. The smallest absolute Gasteiger partial charge is 0.317 e. The van der Waals surface area contributed by atoms with Crippen LogP contribution in [0.4, 0.5) is 4.79 Å². The van der Waals surface area contributed by atoms with Crippen LogP contribution in [0, 0.1) is 5.92 Å². The maximum atomic E-state index is 12.2. The molecule has 0 bridgehead atoms. The Hall–Kier alpha value is -2.41. The highest BCUT2D eigenvalue weighted by Crippen LogP contribution is 2.32. The van der Waals surface area contributed by atoms with Crippen LogP contribution in [0.3, 0.4) is 0 Å². The van der Waals surface area contributed by atoms with Crippen molar-refractivity contribution in [3.05, 3.63) is 36.2 Å². The standard InChI is InChI=1S/C17H22N4O3/c1-11(18-17(23)21(2)10-14(22)12-8-9-12)15-19-16(24-20-15)13-6-4-3-5-7-13/h3-7,11-12,14,22H,8-10H2,1-2H3,(H,18,23). The van der Waals surface area contributed by atoms with Gasteiger partial charge >= 0.3 is 6.03 Å². The molecule has 7 nitrogen and oxygen atoms in total. The van der Waals surface area contributed by atoms with E-state index < -0.39 is 6.10 Å². The van der Waals surface area contributed by atoms with Gasteiger partial charge in [-0.1, -0.05) is 23.4 Å². The van der Waals surface area contributed by atoms with Crippen molar-refractivity contribution in [3.8, 4) is 11.5 Å². The fourth-order valence-corrected chi connectivity index (χ4v) is 2.46. The Bertz CT molecular complexity index is 684. The first-order chi connectivity index (χ1) is 11.5. The molecule has 0 spiro atoms. The summed E-state index contributed by atoms with van der Waals surface area (Å²) in [5.74, 6) is 1.17. The summed E-state index contributed by atoms with van der Waals surface area (Å²) in [6, 6.07) is 8.80. The number of benzene rings is 1. The minimum absolute atomic E-state index is 0.270. The number of hydrogen-bond acceptors (Lipinski definition) is 5. The van der Waals surface area contributed by atoms with Gasteiger partial charge in [-0.05, 0) is 37.8 Å². The van der Waals surface area contributed by atoms with Crippen LogP contribution in [0.1, 0.15) is 31.6 Å². The molecule has 1 aromatic carbocycles. The van der Waals surface area contributed by atoms with Crippen molar-refractivity contribution in [2.45, 2.75) is 31.9 Å². The Labute approximate surface area is 140 Å². The van der Waals surface area contributed by atoms with Crippen molar-refractivity contribution in [1.29, 1.82) is 0 Å². The Morgan fingerprint density at radius 3 is 2.79 bits per heavy atom. The highest BCUT2D eigenvalue weighted by atomic mass is 16.5. The second kappa shape index (κ2) is 7.00. The number of aliphatic hydroxyl groups is 1. The van der Waals surface area contributed by atoms with E-state index in [9.17, 15) is 9.90 Å². The first-order valence-electron chi connectivity index (χ1n) is 8.13. The number of urea groups is 1. The molecule has 2 atom stereocenters. The van der Waals surface area contributed by atoms with Crippen molar-refractivity contribution < 1.29 is 14.4 Å². The molecule has 2 amide bonds. The molecule has 2 N–H and O–H groups in total. The van der Waals surface area contributed by atoms with Crippen LogP contribution in [-0.2, 0) is 0 Å². The van der Waals surface area contributed by atoms with Gasteiger partial charge in [0.15, 0.2) is 5.82 Å². The molecule has 128 valence electrons. The van der Waals surface area contributed by atoms with Gasteiger partial charge in [-0.25, -0.2) is 4.79 Å². The molecular formula is C17H22N4O3. The van der Waals surface area contributed by atoms with Gasteiger partial charge in [0.1, 0.15) is 0 Å². The Morgan fingerprint density at radius 2 is 2.12 bits per heavy atom. The van der Waals surface area contributed by atoms with E-state index in [1.54, 1.807) is 14.0 Å². The zero-order valence-corrected chi connectivity index (χ0v) is 13.8. The molecule has 1 fully saturated rings. The fourth-order valence-electron chi connectivity index (χ4n) is 2.46. The zero-order chi connectivity index (χ0) is 17.1. The monoisotopic (exact) mass is 330 g/mol. The van der Waals surface area contributed by atoms with Gasteiger partial charge in [0.05, 0.1) is 12.1 Å². The Morgan fingerprint density at radius 1 is 1.42 bits per heavy atom. The van der Waals surface area contributed by atoms with Crippen LogP contribution < -0.4 is 5.32 Å². The number of hydrogen-bond donors (Lipinski definition) is 2. The molecule has 2 unspecified atom stereocenters. The molecule has 0 radical (unpaired) electrons. The third-order valence-electron chi connectivity index (χ3n) is 4.16. The van der Waals surface area contributed by atoms with Crippen LogP contribution in [0.2, 0.25) is 0 Å². The lowest BCUT2D eigenvalue weighted by Gasteiger charge is -2.22. The lowest BCUT2D eigenvalue weighted by atomic mass is 10.2. The second-order valence-electron chi connectivity index (χ2n) is 6.28. The number of nitrogens with zero attached hydrogens (tertiary/aromatic N) is 3. The molecule has 1 aromatic heterocycles. The van der Waals surface area contributed by atoms with Crippen molar-refractivity contribution in [2.75, 3.05) is 13.6 Å². The van der Waals surface area contributed by atoms with Gasteiger partial charge in [0.25, 0.3) is 5.89 Å². The van der Waals surface area contributed by atoms with E-state index in [1.165, 1.54) is 4.90 Å². The predicted molar refractivity (Wildman–Crippen MR) is 88.0 cm³/mol. The Kier molecular flexibility index (Phi) is 4.80. The molecule has 24 heavy (non-hydrogen) atoms. The van der Waals surface area contributed by atoms with E-state index >= 15 is 0 Å². The van der Waals surface area contributed by atoms with E-state index in [1.807, 2.05) is 30.3 Å². The quantitative estimate of drug-likeness (QED) is 0.847. The van der Waals surface area contributed by atoms with Crippen molar-refractivity contribution in [3.63, 3.8) is 0 Å². The summed E-state index contributed by atoms with van der Waals surface area (Å²) in [5.41, 5.74) is 0.833. The van der Waals surface area contributed by atoms with Gasteiger partial charge < -0.3 is 19.8 Å². The maximum absolute atomic E-state index is 12.2. The summed E-state index contributed by atoms with van der Waals surface area (Å²) >= 11 is 0. The summed E-state index contributed by atoms with van der Waals surface area (Å²) in [5, 5.41) is 16.7. The normalized spacial score (nSPS) is 16.5. The van der Waals surface area contributed by atoms with Crippen molar-refractivity contribution >= 4 is 6.03 Å². The summed E-state index contributed by atoms with van der Waals surface area (Å²) in [4.78, 5) is 18.0. The number of aliphatic hydroxyl groups excluding tert-OH is 1. The average Bonchev–Trinajstić information content (AvgIpc) is 3.32. The predicted octanol–water partition coefficient (Wildman–Crippen LogP) is 2.21. The minimum Gasteiger partial charge on any atom is -0.391 e. The molecule has 1 saturated carbocycles. The second-order valence-corrected chi connectivity index (χ2v) is 6.28. The molecular weight excluding hydrogens is 308 g/mol. The largest absolute Gasteiger partial charge is 0.391 e. The number of rotatable bonds is 6. The maximum Gasteiger partial charge on any atom is 0.317 e. The third-order valence-corrected chi connectivity index (χ3v) is 4.16. The lowest BCUT2D eigenvalue weighted by molar-refractivity contribution is 0.112. The SMILES string of the molecule is CC(NC(=O)N(C)CC(O)C1CC1)c1noc(-c2ccccc2)n1. The van der Waals surface area contributed by atoms with Gasteiger partial charge in [-0.3, -0.25) is 0 Å². The summed E-state index contributed by atoms with van der Waals surface area (Å²) in [7, 11) is 1.67. The number of carbonyl (C=O) groups is 1. The van der Waals surface area contributed by atoms with Crippen LogP contribution in [-0.4, -0.2) is 45.9 Å². The molecule has 2 aromatic rings. The summed E-state index contributed by atoms with van der Waals surface area (Å²) in [6.07, 6.45) is 1.63. The van der Waals surface area contributed by atoms with Gasteiger partial charge in [-0.15, -0.1) is 0 Å². The minimum atomic E-state index is -0.453. The molecule has 0 aliphatic heterocycles. The Balaban J connectivity index is 1.57. The number of aromatic nitrogens is 2. The van der Waals surface area contributed by atoms with E-state index in [0.717, 1.165) is 18.4 Å². The van der Waals surface area contributed by atoms with Crippen molar-refractivity contribution in [2.24, 2.45) is 5.92 Å². The number of likely N-dealkylation sites (N-methyl/N-ethyl adjacent to an activating group) is 1. The molecule has 1 aliphatic carbocycles. The zero-order valence-electron chi connectivity index (χ0n) is 13.8. The number of amides is 2. The molecule has 1 heterocycles. The van der Waals surface area contributed by atoms with Gasteiger partial charge in [0, 0.05) is 19.2 Å². The average molecular weight is 330 g/mol. The first kappa shape index (κ1) is 16.4. The van der Waals surface area contributed by atoms with E-state index in [-0.39, 0.29) is 12.1 Å². The highest BCUT2D eigenvalue weighted by molar-refractivity contribution is 5.74. The lowest BCUT2D eigenvalue weighted by Crippen LogP contribution is -2.42. The molecule has 3 rings (SSSR count). The van der Waals surface area contributed by atoms with Crippen LogP contribution >= 0.6 is 0 Å².